The number of aromatic nitrogens is 2. The molecule has 1 aliphatic heterocycles. The van der Waals surface area contributed by atoms with Crippen molar-refractivity contribution in [3.05, 3.63) is 76.2 Å². The van der Waals surface area contributed by atoms with Crippen LogP contribution in [0.1, 0.15) is 23.5 Å². The number of rotatable bonds is 2. The summed E-state index contributed by atoms with van der Waals surface area (Å²) in [5.41, 5.74) is 1.14. The van der Waals surface area contributed by atoms with Crippen molar-refractivity contribution in [2.24, 2.45) is 0 Å². The van der Waals surface area contributed by atoms with Crippen molar-refractivity contribution >= 4 is 28.0 Å². The molecular weight excluding hydrogens is 468 g/mol. The third kappa shape index (κ3) is 3.12. The molecule has 5 aromatic rings. The summed E-state index contributed by atoms with van der Waals surface area (Å²) in [6.45, 7) is 0. The number of esters is 1. The van der Waals surface area contributed by atoms with Gasteiger partial charge in [0.25, 0.3) is 0 Å². The predicted octanol–water partition coefficient (Wildman–Crippen LogP) is 3.67. The average Bonchev–Trinajstić information content (AvgIpc) is 2.86. The molecule has 1 atom stereocenters. The second-order valence-electron chi connectivity index (χ2n) is 8.33. The highest BCUT2D eigenvalue weighted by Crippen LogP contribution is 2.48. The lowest BCUT2D eigenvalue weighted by atomic mass is 9.84. The zero-order valence-electron chi connectivity index (χ0n) is 18.3. The van der Waals surface area contributed by atoms with Crippen LogP contribution in [0.2, 0.25) is 0 Å². The van der Waals surface area contributed by atoms with Gasteiger partial charge in [-0.3, -0.25) is 19.6 Å². The lowest BCUT2D eigenvalue weighted by Crippen LogP contribution is -2.22. The molecule has 10 heteroatoms. The molecule has 0 bridgehead atoms. The fraction of sp³-hybridized carbons (Fsp3) is 0.0769. The van der Waals surface area contributed by atoms with E-state index >= 15 is 0 Å². The zero-order chi connectivity index (χ0) is 25.1. The Labute approximate surface area is 201 Å². The predicted molar refractivity (Wildman–Crippen MR) is 126 cm³/mol. The van der Waals surface area contributed by atoms with Crippen LogP contribution in [0.15, 0.2) is 64.1 Å². The molecule has 4 N–H and O–H groups in total. The summed E-state index contributed by atoms with van der Waals surface area (Å²) in [7, 11) is 0. The first-order chi connectivity index (χ1) is 17.3. The van der Waals surface area contributed by atoms with E-state index in [0.717, 1.165) is 12.1 Å². The molecule has 36 heavy (non-hydrogen) atoms. The fourth-order valence-corrected chi connectivity index (χ4v) is 4.60. The first kappa shape index (κ1) is 21.4. The number of nitrogens with zero attached hydrogens (tertiary/aromatic N) is 2. The summed E-state index contributed by atoms with van der Waals surface area (Å²) < 4.78 is 11.4. The number of para-hydroxylation sites is 1. The first-order valence-corrected chi connectivity index (χ1v) is 10.8. The van der Waals surface area contributed by atoms with Crippen molar-refractivity contribution in [2.75, 3.05) is 0 Å². The Bertz CT molecular complexity index is 1790. The van der Waals surface area contributed by atoms with E-state index in [0.29, 0.717) is 22.2 Å². The third-order valence-electron chi connectivity index (χ3n) is 6.21. The number of ether oxygens (including phenoxy) is 1. The van der Waals surface area contributed by atoms with Crippen molar-refractivity contribution in [2.45, 2.75) is 12.3 Å². The van der Waals surface area contributed by atoms with Gasteiger partial charge in [0.05, 0.1) is 17.5 Å². The minimum absolute atomic E-state index is 0.00418. The standard InChI is InChI=1S/C26H16N2O8/c29-15-5-4-11(8-16(15)30)25-24(34)23(33)21-17(31)10-18-20(26(21)36-25)13(9-19(32)35-18)12-2-1-3-14-22(12)28-7-6-27-14/h1-8,10,13,29-31,34H,9H2. The first-order valence-electron chi connectivity index (χ1n) is 10.8. The van der Waals surface area contributed by atoms with E-state index in [1.165, 1.54) is 18.3 Å². The van der Waals surface area contributed by atoms with Crippen molar-refractivity contribution in [1.82, 2.24) is 9.97 Å². The Morgan fingerprint density at radius 1 is 0.889 bits per heavy atom. The zero-order valence-corrected chi connectivity index (χ0v) is 18.3. The molecule has 6 rings (SSSR count). The number of phenolic OH excluding ortho intramolecular Hbond substituents is 3. The highest BCUT2D eigenvalue weighted by atomic mass is 16.5. The number of aromatic hydroxyl groups is 4. The molecule has 1 unspecified atom stereocenters. The number of hydrogen-bond donors (Lipinski definition) is 4. The molecule has 178 valence electrons. The maximum absolute atomic E-state index is 13.2. The van der Waals surface area contributed by atoms with Crippen LogP contribution in [0.5, 0.6) is 28.7 Å². The van der Waals surface area contributed by atoms with E-state index in [4.69, 9.17) is 9.15 Å². The molecule has 0 amide bonds. The summed E-state index contributed by atoms with van der Waals surface area (Å²) >= 11 is 0. The Kier molecular flexibility index (Phi) is 4.58. The Morgan fingerprint density at radius 3 is 2.50 bits per heavy atom. The summed E-state index contributed by atoms with van der Waals surface area (Å²) in [5, 5.41) is 40.6. The third-order valence-corrected chi connectivity index (χ3v) is 6.21. The highest BCUT2D eigenvalue weighted by Gasteiger charge is 2.35. The highest BCUT2D eigenvalue weighted by molar-refractivity contribution is 5.95. The molecular formula is C26H16N2O8. The molecule has 1 aliphatic rings. The molecule has 0 saturated carbocycles. The maximum atomic E-state index is 13.2. The smallest absolute Gasteiger partial charge is 0.312 e. The normalized spacial score (nSPS) is 15.1. The van der Waals surface area contributed by atoms with E-state index in [1.807, 2.05) is 0 Å². The number of benzene rings is 3. The van der Waals surface area contributed by atoms with Crippen LogP contribution >= 0.6 is 0 Å². The minimum atomic E-state index is -0.924. The van der Waals surface area contributed by atoms with Gasteiger partial charge in [0, 0.05) is 35.5 Å². The summed E-state index contributed by atoms with van der Waals surface area (Å²) in [6.07, 6.45) is 2.96. The average molecular weight is 484 g/mol. The second kappa shape index (κ2) is 7.70. The van der Waals surface area contributed by atoms with Crippen LogP contribution < -0.4 is 10.2 Å². The monoisotopic (exact) mass is 484 g/mol. The Morgan fingerprint density at radius 2 is 1.69 bits per heavy atom. The van der Waals surface area contributed by atoms with E-state index in [1.54, 1.807) is 24.4 Å². The lowest BCUT2D eigenvalue weighted by Gasteiger charge is -2.26. The number of carbonyl (C=O) groups is 1. The minimum Gasteiger partial charge on any atom is -0.507 e. The van der Waals surface area contributed by atoms with E-state index in [-0.39, 0.29) is 34.5 Å². The van der Waals surface area contributed by atoms with Gasteiger partial charge in [0.1, 0.15) is 22.5 Å². The van der Waals surface area contributed by atoms with Gasteiger partial charge in [-0.2, -0.15) is 0 Å². The van der Waals surface area contributed by atoms with Crippen molar-refractivity contribution in [1.29, 1.82) is 0 Å². The maximum Gasteiger partial charge on any atom is 0.312 e. The topological polar surface area (TPSA) is 163 Å². The van der Waals surface area contributed by atoms with Gasteiger partial charge in [-0.25, -0.2) is 0 Å². The summed E-state index contributed by atoms with van der Waals surface area (Å²) in [4.78, 5) is 34.5. The SMILES string of the molecule is O=C1CC(c2cccc3nccnc23)c2c(cc(O)c3c(=O)c(O)c(-c4ccc(O)c(O)c4)oc23)O1. The van der Waals surface area contributed by atoms with E-state index in [2.05, 4.69) is 9.97 Å². The fourth-order valence-electron chi connectivity index (χ4n) is 4.60. The number of carbonyl (C=O) groups excluding carboxylic acids is 1. The molecule has 0 fully saturated rings. The van der Waals surface area contributed by atoms with Crippen molar-refractivity contribution in [3.8, 4) is 40.1 Å². The van der Waals surface area contributed by atoms with Gasteiger partial charge in [0.2, 0.25) is 11.2 Å². The Balaban J connectivity index is 1.71. The van der Waals surface area contributed by atoms with Crippen LogP contribution in [0.3, 0.4) is 0 Å². The molecule has 0 saturated heterocycles. The van der Waals surface area contributed by atoms with Crippen LogP contribution in [0.25, 0.3) is 33.3 Å². The lowest BCUT2D eigenvalue weighted by molar-refractivity contribution is -0.135. The molecule has 0 spiro atoms. The van der Waals surface area contributed by atoms with Gasteiger partial charge < -0.3 is 29.6 Å². The molecule has 0 radical (unpaired) electrons. The van der Waals surface area contributed by atoms with E-state index < -0.39 is 40.3 Å². The van der Waals surface area contributed by atoms with Gasteiger partial charge in [-0.05, 0) is 29.8 Å². The molecule has 3 heterocycles. The quantitative estimate of drug-likeness (QED) is 0.165. The molecule has 0 aliphatic carbocycles. The number of phenols is 3. The van der Waals surface area contributed by atoms with Gasteiger partial charge in [-0.15, -0.1) is 0 Å². The summed E-state index contributed by atoms with van der Waals surface area (Å²) in [5.74, 6) is -3.79. The van der Waals surface area contributed by atoms with Crippen molar-refractivity contribution in [3.63, 3.8) is 0 Å². The second-order valence-corrected chi connectivity index (χ2v) is 8.33. The Hall–Kier alpha value is -5.12. The summed E-state index contributed by atoms with van der Waals surface area (Å²) in [6, 6.07) is 10.1. The van der Waals surface area contributed by atoms with Crippen LogP contribution in [0.4, 0.5) is 0 Å². The van der Waals surface area contributed by atoms with Crippen LogP contribution in [-0.2, 0) is 4.79 Å². The largest absolute Gasteiger partial charge is 0.507 e. The molecule has 3 aromatic carbocycles. The van der Waals surface area contributed by atoms with Gasteiger partial charge in [0.15, 0.2) is 17.3 Å². The van der Waals surface area contributed by atoms with Crippen LogP contribution in [0, 0.1) is 0 Å². The van der Waals surface area contributed by atoms with Gasteiger partial charge in [-0.1, -0.05) is 12.1 Å². The van der Waals surface area contributed by atoms with Crippen molar-refractivity contribution < 1.29 is 34.4 Å². The van der Waals surface area contributed by atoms with E-state index in [9.17, 15) is 30.0 Å². The van der Waals surface area contributed by atoms with Gasteiger partial charge >= 0.3 is 5.97 Å². The molecule has 2 aromatic heterocycles. The number of hydrogen-bond acceptors (Lipinski definition) is 10. The molecule has 10 nitrogen and oxygen atoms in total. The number of fused-ring (bicyclic) bond motifs is 4. The van der Waals surface area contributed by atoms with Crippen LogP contribution in [-0.4, -0.2) is 36.4 Å².